The summed E-state index contributed by atoms with van der Waals surface area (Å²) in [6, 6.07) is -0.140. The van der Waals surface area contributed by atoms with E-state index in [9.17, 15) is 18.0 Å². The van der Waals surface area contributed by atoms with E-state index in [1.807, 2.05) is 20.8 Å². The SMILES string of the molecule is CC(C)(C)OC(=O)N1CCc2c([nH]c(=S)n(C3CCN(S(C)(=O)=O)CC3)c2=O)C1. The first-order valence-corrected chi connectivity index (χ1v) is 11.9. The van der Waals surface area contributed by atoms with E-state index in [4.69, 9.17) is 17.0 Å². The van der Waals surface area contributed by atoms with Crippen molar-refractivity contribution in [2.24, 2.45) is 0 Å². The third-order valence-corrected chi connectivity index (χ3v) is 6.81. The smallest absolute Gasteiger partial charge is 0.410 e. The Morgan fingerprint density at radius 1 is 1.21 bits per heavy atom. The molecule has 1 fully saturated rings. The minimum Gasteiger partial charge on any atom is -0.444 e. The van der Waals surface area contributed by atoms with E-state index in [0.29, 0.717) is 54.9 Å². The highest BCUT2D eigenvalue weighted by Crippen LogP contribution is 2.24. The maximum atomic E-state index is 13.1. The van der Waals surface area contributed by atoms with Crippen LogP contribution in [0.1, 0.15) is 50.9 Å². The van der Waals surface area contributed by atoms with Crippen LogP contribution in [0, 0.1) is 4.77 Å². The summed E-state index contributed by atoms with van der Waals surface area (Å²) in [4.78, 5) is 30.2. The number of hydrogen-bond acceptors (Lipinski definition) is 6. The van der Waals surface area contributed by atoms with E-state index in [1.54, 1.807) is 9.47 Å². The zero-order valence-electron chi connectivity index (χ0n) is 17.2. The van der Waals surface area contributed by atoms with Crippen LogP contribution < -0.4 is 5.56 Å². The van der Waals surface area contributed by atoms with E-state index < -0.39 is 21.7 Å². The molecule has 0 saturated carbocycles. The van der Waals surface area contributed by atoms with Crippen LogP contribution in [0.2, 0.25) is 0 Å². The van der Waals surface area contributed by atoms with Crippen molar-refractivity contribution in [2.75, 3.05) is 25.9 Å². The first-order chi connectivity index (χ1) is 13.4. The molecule has 162 valence electrons. The molecule has 1 aromatic rings. The molecule has 1 amide bonds. The number of ether oxygens (including phenoxy) is 1. The number of H-pyrrole nitrogens is 1. The van der Waals surface area contributed by atoms with Crippen molar-refractivity contribution >= 4 is 28.3 Å². The van der Waals surface area contributed by atoms with Gasteiger partial charge in [0.2, 0.25) is 10.0 Å². The first kappa shape index (κ1) is 22.0. The second-order valence-electron chi connectivity index (χ2n) is 8.61. The molecule has 0 atom stereocenters. The molecule has 29 heavy (non-hydrogen) atoms. The minimum absolute atomic E-state index is 0.140. The summed E-state index contributed by atoms with van der Waals surface area (Å²) < 4.78 is 32.2. The maximum Gasteiger partial charge on any atom is 0.410 e. The fraction of sp³-hybridized carbons (Fsp3) is 0.722. The van der Waals surface area contributed by atoms with Gasteiger partial charge in [0.05, 0.1) is 12.8 Å². The zero-order chi connectivity index (χ0) is 21.6. The fourth-order valence-electron chi connectivity index (χ4n) is 3.79. The Morgan fingerprint density at radius 3 is 2.38 bits per heavy atom. The van der Waals surface area contributed by atoms with E-state index in [-0.39, 0.29) is 18.1 Å². The lowest BCUT2D eigenvalue weighted by Gasteiger charge is -2.33. The average Bonchev–Trinajstić information content (AvgIpc) is 2.59. The summed E-state index contributed by atoms with van der Waals surface area (Å²) in [5.41, 5.74) is 0.533. The molecule has 0 bridgehead atoms. The summed E-state index contributed by atoms with van der Waals surface area (Å²) >= 11 is 5.44. The molecule has 0 radical (unpaired) electrons. The third-order valence-electron chi connectivity index (χ3n) is 5.21. The standard InChI is InChI=1S/C18H28N4O5S2/c1-18(2,3)27-17(24)20-8-7-13-14(11-20)19-16(28)22(15(13)23)12-5-9-21(10-6-12)29(4,25)26/h12H,5-11H2,1-4H3,(H,19,28). The van der Waals surface area contributed by atoms with Crippen LogP contribution in [0.25, 0.3) is 0 Å². The molecular weight excluding hydrogens is 416 g/mol. The number of carbonyl (C=O) groups is 1. The lowest BCUT2D eigenvalue weighted by Crippen LogP contribution is -2.44. The summed E-state index contributed by atoms with van der Waals surface area (Å²) in [6.07, 6.45) is 2.27. The average molecular weight is 445 g/mol. The van der Waals surface area contributed by atoms with Crippen molar-refractivity contribution in [3.05, 3.63) is 26.4 Å². The van der Waals surface area contributed by atoms with Crippen LogP contribution in [0.15, 0.2) is 4.79 Å². The van der Waals surface area contributed by atoms with Crippen molar-refractivity contribution in [3.8, 4) is 0 Å². The molecular formula is C18H28N4O5S2. The summed E-state index contributed by atoms with van der Waals surface area (Å²) in [7, 11) is -3.23. The number of hydrogen-bond donors (Lipinski definition) is 1. The lowest BCUT2D eigenvalue weighted by molar-refractivity contribution is 0.0219. The monoisotopic (exact) mass is 444 g/mol. The molecule has 1 saturated heterocycles. The van der Waals surface area contributed by atoms with Gasteiger partial charge in [-0.3, -0.25) is 9.36 Å². The van der Waals surface area contributed by atoms with Crippen molar-refractivity contribution < 1.29 is 17.9 Å². The molecule has 1 aromatic heterocycles. The van der Waals surface area contributed by atoms with E-state index in [2.05, 4.69) is 4.98 Å². The van der Waals surface area contributed by atoms with Gasteiger partial charge in [-0.1, -0.05) is 0 Å². The fourth-order valence-corrected chi connectivity index (χ4v) is 5.02. The van der Waals surface area contributed by atoms with Crippen LogP contribution in [-0.4, -0.2) is 64.8 Å². The molecule has 0 unspecified atom stereocenters. The number of sulfonamides is 1. The number of piperidine rings is 1. The van der Waals surface area contributed by atoms with Crippen LogP contribution in [0.3, 0.4) is 0 Å². The number of rotatable bonds is 2. The topological polar surface area (TPSA) is 105 Å². The predicted molar refractivity (Wildman–Crippen MR) is 111 cm³/mol. The van der Waals surface area contributed by atoms with Gasteiger partial charge >= 0.3 is 6.09 Å². The molecule has 0 aliphatic carbocycles. The largest absolute Gasteiger partial charge is 0.444 e. The van der Waals surface area contributed by atoms with Crippen LogP contribution >= 0.6 is 12.2 Å². The molecule has 0 spiro atoms. The Morgan fingerprint density at radius 2 is 1.83 bits per heavy atom. The third kappa shape index (κ3) is 4.89. The van der Waals surface area contributed by atoms with Gasteiger partial charge in [0.1, 0.15) is 5.60 Å². The predicted octanol–water partition coefficient (Wildman–Crippen LogP) is 1.80. The lowest BCUT2D eigenvalue weighted by atomic mass is 10.0. The number of nitrogens with zero attached hydrogens (tertiary/aromatic N) is 3. The Bertz CT molecular complexity index is 1010. The first-order valence-electron chi connectivity index (χ1n) is 9.66. The number of fused-ring (bicyclic) bond motifs is 1. The molecule has 0 aromatic carbocycles. The second-order valence-corrected chi connectivity index (χ2v) is 11.0. The summed E-state index contributed by atoms with van der Waals surface area (Å²) in [5, 5.41) is 0. The highest BCUT2D eigenvalue weighted by Gasteiger charge is 2.31. The van der Waals surface area contributed by atoms with Gasteiger partial charge < -0.3 is 14.6 Å². The quantitative estimate of drug-likeness (QED) is 0.698. The van der Waals surface area contributed by atoms with Crippen molar-refractivity contribution in [1.82, 2.24) is 18.8 Å². The minimum atomic E-state index is -3.23. The molecule has 11 heteroatoms. The number of nitrogens with one attached hydrogen (secondary N) is 1. The van der Waals surface area contributed by atoms with Gasteiger partial charge in [-0.15, -0.1) is 0 Å². The van der Waals surface area contributed by atoms with Crippen LogP contribution in [0.4, 0.5) is 4.79 Å². The highest BCUT2D eigenvalue weighted by molar-refractivity contribution is 7.88. The summed E-state index contributed by atoms with van der Waals surface area (Å²) in [6.45, 7) is 6.81. The van der Waals surface area contributed by atoms with Gasteiger partial charge in [-0.05, 0) is 52.3 Å². The Kier molecular flexibility index (Phi) is 5.94. The zero-order valence-corrected chi connectivity index (χ0v) is 18.9. The molecule has 3 heterocycles. The molecule has 3 rings (SSSR count). The molecule has 1 N–H and O–H groups in total. The van der Waals surface area contributed by atoms with E-state index in [1.165, 1.54) is 10.6 Å². The molecule has 2 aliphatic rings. The van der Waals surface area contributed by atoms with Gasteiger partial charge in [0, 0.05) is 36.9 Å². The summed E-state index contributed by atoms with van der Waals surface area (Å²) in [5.74, 6) is 0. The normalized spacial score (nSPS) is 19.1. The van der Waals surface area contributed by atoms with Crippen LogP contribution in [0.5, 0.6) is 0 Å². The van der Waals surface area contributed by atoms with Crippen molar-refractivity contribution in [3.63, 3.8) is 0 Å². The van der Waals surface area contributed by atoms with Crippen molar-refractivity contribution in [1.29, 1.82) is 0 Å². The van der Waals surface area contributed by atoms with Crippen LogP contribution in [-0.2, 0) is 27.7 Å². The van der Waals surface area contributed by atoms with Gasteiger partial charge in [0.25, 0.3) is 5.56 Å². The van der Waals surface area contributed by atoms with Gasteiger partial charge in [0.15, 0.2) is 4.77 Å². The number of amides is 1. The number of aromatic nitrogens is 2. The molecule has 9 nitrogen and oxygen atoms in total. The van der Waals surface area contributed by atoms with E-state index >= 15 is 0 Å². The van der Waals surface area contributed by atoms with Gasteiger partial charge in [-0.2, -0.15) is 0 Å². The second kappa shape index (κ2) is 7.84. The van der Waals surface area contributed by atoms with E-state index in [0.717, 1.165) is 0 Å². The Balaban J connectivity index is 1.81. The Labute approximate surface area is 175 Å². The number of carbonyl (C=O) groups excluding carboxylic acids is 1. The highest BCUT2D eigenvalue weighted by atomic mass is 32.2. The Hall–Kier alpha value is -1.72. The van der Waals surface area contributed by atoms with Gasteiger partial charge in [-0.25, -0.2) is 17.5 Å². The molecule has 2 aliphatic heterocycles. The van der Waals surface area contributed by atoms with Crippen molar-refractivity contribution in [2.45, 2.75) is 58.2 Å². The number of aromatic amines is 1. The maximum absolute atomic E-state index is 13.1.